The number of halogens is 2. The van der Waals surface area contributed by atoms with Crippen molar-refractivity contribution in [2.45, 2.75) is 12.5 Å². The smallest absolute Gasteiger partial charge is 0.295 e. The van der Waals surface area contributed by atoms with E-state index in [9.17, 15) is 19.3 Å². The van der Waals surface area contributed by atoms with Gasteiger partial charge >= 0.3 is 0 Å². The zero-order valence-electron chi connectivity index (χ0n) is 13.7. The van der Waals surface area contributed by atoms with Crippen LogP contribution in [0.25, 0.3) is 0 Å². The molecule has 0 bridgehead atoms. The Kier molecular flexibility index (Phi) is 3.95. The first-order chi connectivity index (χ1) is 12.4. The van der Waals surface area contributed by atoms with Gasteiger partial charge in [-0.25, -0.2) is 4.39 Å². The molecule has 0 aromatic heterocycles. The molecule has 6 nitrogen and oxygen atoms in total. The molecule has 1 aliphatic carbocycles. The van der Waals surface area contributed by atoms with E-state index in [0.29, 0.717) is 5.75 Å². The van der Waals surface area contributed by atoms with Crippen LogP contribution in [0.3, 0.4) is 0 Å². The average molecular weight is 421 g/mol. The monoisotopic (exact) mass is 420 g/mol. The summed E-state index contributed by atoms with van der Waals surface area (Å²) in [5, 5.41) is 11.5. The van der Waals surface area contributed by atoms with E-state index in [1.807, 2.05) is 18.2 Å². The van der Waals surface area contributed by atoms with Gasteiger partial charge in [0, 0.05) is 11.5 Å². The molecule has 2 aliphatic rings. The largest absolute Gasteiger partial charge is 0.496 e. The fourth-order valence-corrected chi connectivity index (χ4v) is 4.10. The molecule has 0 radical (unpaired) electrons. The highest BCUT2D eigenvalue weighted by atomic mass is 79.9. The van der Waals surface area contributed by atoms with E-state index >= 15 is 0 Å². The number of hydrogen-bond donors (Lipinski definition) is 0. The first kappa shape index (κ1) is 17.0. The quantitative estimate of drug-likeness (QED) is 0.547. The Morgan fingerprint density at radius 3 is 2.77 bits per heavy atom. The summed E-state index contributed by atoms with van der Waals surface area (Å²) in [5.74, 6) is -0.388. The van der Waals surface area contributed by atoms with Crippen LogP contribution in [0.4, 0.5) is 15.8 Å². The van der Waals surface area contributed by atoms with Crippen molar-refractivity contribution in [2.24, 2.45) is 11.8 Å². The van der Waals surface area contributed by atoms with Crippen LogP contribution in [0.5, 0.6) is 5.75 Å². The van der Waals surface area contributed by atoms with E-state index in [4.69, 9.17) is 4.74 Å². The molecule has 2 aromatic carbocycles. The third-order valence-electron chi connectivity index (χ3n) is 5.01. The number of carbonyl (C=O) groups excluding carboxylic acids is 1. The van der Waals surface area contributed by atoms with Crippen LogP contribution in [0.15, 0.2) is 40.9 Å². The van der Waals surface area contributed by atoms with Gasteiger partial charge < -0.3 is 4.74 Å². The van der Waals surface area contributed by atoms with Gasteiger partial charge in [0.05, 0.1) is 28.6 Å². The molecule has 1 saturated carbocycles. The highest BCUT2D eigenvalue weighted by molar-refractivity contribution is 9.10. The highest BCUT2D eigenvalue weighted by Gasteiger charge is 2.60. The molecule has 134 valence electrons. The molecule has 2 fully saturated rings. The lowest BCUT2D eigenvalue weighted by atomic mass is 10.0. The number of hydrogen-bond acceptors (Lipinski definition) is 4. The van der Waals surface area contributed by atoms with E-state index in [0.717, 1.165) is 18.1 Å². The standard InChI is InChI=1S/C18H14BrFN2O4/c1-26-16-5-3-2-4-9(16)17-10-6-11(10)18(23)21(17)14-7-12(19)13(20)8-15(14)22(24)25/h2-5,7-8,10-11,17H,6H2,1H3. The molecule has 4 rings (SSSR count). The number of fused-ring (bicyclic) bond motifs is 1. The van der Waals surface area contributed by atoms with Gasteiger partial charge in [-0.15, -0.1) is 0 Å². The van der Waals surface area contributed by atoms with Crippen LogP contribution in [0.1, 0.15) is 18.0 Å². The molecule has 0 N–H and O–H groups in total. The second-order valence-corrected chi connectivity index (χ2v) is 7.27. The van der Waals surface area contributed by atoms with Crippen molar-refractivity contribution < 1.29 is 18.8 Å². The molecule has 0 spiro atoms. The van der Waals surface area contributed by atoms with Gasteiger partial charge in [-0.2, -0.15) is 0 Å². The van der Waals surface area contributed by atoms with Crippen molar-refractivity contribution in [3.8, 4) is 5.75 Å². The summed E-state index contributed by atoms with van der Waals surface area (Å²) in [7, 11) is 1.54. The molecule has 1 amide bonds. The maximum atomic E-state index is 13.9. The maximum absolute atomic E-state index is 13.9. The molecule has 1 aliphatic heterocycles. The SMILES string of the molecule is COc1ccccc1C1C2CC2C(=O)N1c1cc(Br)c(F)cc1[N+](=O)[O-]. The van der Waals surface area contributed by atoms with Crippen molar-refractivity contribution >= 4 is 33.2 Å². The Bertz CT molecular complexity index is 935. The Morgan fingerprint density at radius 2 is 2.08 bits per heavy atom. The van der Waals surface area contributed by atoms with Crippen molar-refractivity contribution in [1.29, 1.82) is 0 Å². The number of methoxy groups -OCH3 is 1. The molecule has 2 aromatic rings. The van der Waals surface area contributed by atoms with Gasteiger partial charge in [-0.3, -0.25) is 19.8 Å². The number of amides is 1. The molecule has 8 heteroatoms. The predicted molar refractivity (Wildman–Crippen MR) is 95.6 cm³/mol. The Balaban J connectivity index is 1.89. The molecular formula is C18H14BrFN2O4. The zero-order chi connectivity index (χ0) is 18.6. The van der Waals surface area contributed by atoms with Crippen LogP contribution < -0.4 is 9.64 Å². The minimum atomic E-state index is -0.744. The number of carbonyl (C=O) groups is 1. The maximum Gasteiger partial charge on any atom is 0.295 e. The molecular weight excluding hydrogens is 407 g/mol. The first-order valence-electron chi connectivity index (χ1n) is 8.03. The number of nitrogens with zero attached hydrogens (tertiary/aromatic N) is 2. The summed E-state index contributed by atoms with van der Waals surface area (Å²) in [6.45, 7) is 0. The lowest BCUT2D eigenvalue weighted by Crippen LogP contribution is -2.32. The second kappa shape index (κ2) is 6.05. The molecule has 26 heavy (non-hydrogen) atoms. The van der Waals surface area contributed by atoms with Gasteiger partial charge in [-0.1, -0.05) is 18.2 Å². The Hall–Kier alpha value is -2.48. The minimum Gasteiger partial charge on any atom is -0.496 e. The normalized spacial score (nSPS) is 23.7. The van der Waals surface area contributed by atoms with E-state index < -0.39 is 16.4 Å². The van der Waals surface area contributed by atoms with Crippen molar-refractivity contribution in [2.75, 3.05) is 12.0 Å². The molecule has 3 unspecified atom stereocenters. The zero-order valence-corrected chi connectivity index (χ0v) is 15.3. The number of nitro benzene ring substituents is 1. The predicted octanol–water partition coefficient (Wildman–Crippen LogP) is 4.23. The number of anilines is 1. The topological polar surface area (TPSA) is 72.7 Å². The fourth-order valence-electron chi connectivity index (χ4n) is 3.77. The minimum absolute atomic E-state index is 0.0715. The number of benzene rings is 2. The van der Waals surface area contributed by atoms with Crippen LogP contribution in [0, 0.1) is 27.8 Å². The summed E-state index contributed by atoms with van der Waals surface area (Å²) in [5.41, 5.74) is 0.458. The number of piperidine rings is 1. The average Bonchev–Trinajstić information content (AvgIpc) is 3.36. The fraction of sp³-hybridized carbons (Fsp3) is 0.278. The summed E-state index contributed by atoms with van der Waals surface area (Å²) in [6, 6.07) is 9.09. The van der Waals surface area contributed by atoms with Gasteiger partial charge in [0.25, 0.3) is 5.69 Å². The van der Waals surface area contributed by atoms with Crippen LogP contribution in [-0.2, 0) is 4.79 Å². The van der Waals surface area contributed by atoms with Crippen molar-refractivity contribution in [1.82, 2.24) is 0 Å². The van der Waals surface area contributed by atoms with Gasteiger partial charge in [0.15, 0.2) is 0 Å². The lowest BCUT2D eigenvalue weighted by Gasteiger charge is -2.29. The summed E-state index contributed by atoms with van der Waals surface area (Å²) in [4.78, 5) is 25.1. The van der Waals surface area contributed by atoms with E-state index in [1.165, 1.54) is 11.0 Å². The van der Waals surface area contributed by atoms with Gasteiger partial charge in [0.2, 0.25) is 5.91 Å². The van der Waals surface area contributed by atoms with Gasteiger partial charge in [0.1, 0.15) is 17.3 Å². The third kappa shape index (κ3) is 2.47. The number of para-hydroxylation sites is 1. The first-order valence-corrected chi connectivity index (χ1v) is 8.82. The van der Waals surface area contributed by atoms with Crippen molar-refractivity contribution in [3.63, 3.8) is 0 Å². The number of ether oxygens (including phenoxy) is 1. The number of rotatable bonds is 4. The van der Waals surface area contributed by atoms with E-state index in [1.54, 1.807) is 13.2 Å². The second-order valence-electron chi connectivity index (χ2n) is 6.41. The highest BCUT2D eigenvalue weighted by Crippen LogP contribution is 2.60. The number of nitro groups is 1. The molecule has 1 heterocycles. The third-order valence-corrected chi connectivity index (χ3v) is 5.62. The van der Waals surface area contributed by atoms with E-state index in [-0.39, 0.29) is 33.9 Å². The van der Waals surface area contributed by atoms with Crippen LogP contribution >= 0.6 is 15.9 Å². The summed E-state index contributed by atoms with van der Waals surface area (Å²) >= 11 is 3.07. The van der Waals surface area contributed by atoms with Crippen LogP contribution in [-0.4, -0.2) is 17.9 Å². The van der Waals surface area contributed by atoms with Crippen molar-refractivity contribution in [3.05, 3.63) is 62.4 Å². The molecule has 1 saturated heterocycles. The Labute approximate surface area is 156 Å². The van der Waals surface area contributed by atoms with E-state index in [2.05, 4.69) is 15.9 Å². The van der Waals surface area contributed by atoms with Crippen LogP contribution in [0.2, 0.25) is 0 Å². The lowest BCUT2D eigenvalue weighted by molar-refractivity contribution is -0.384. The molecule has 3 atom stereocenters. The Morgan fingerprint density at radius 1 is 1.35 bits per heavy atom. The summed E-state index contributed by atoms with van der Waals surface area (Å²) < 4.78 is 19.4. The van der Waals surface area contributed by atoms with Gasteiger partial charge in [-0.05, 0) is 40.4 Å². The summed E-state index contributed by atoms with van der Waals surface area (Å²) in [6.07, 6.45) is 0.744.